The summed E-state index contributed by atoms with van der Waals surface area (Å²) in [6.07, 6.45) is 4.41. The number of carbonyl (C=O) groups is 3. The largest absolute Gasteiger partial charge is 0.463 e. The molecule has 1 aromatic rings. The van der Waals surface area contributed by atoms with Gasteiger partial charge in [-0.15, -0.1) is 0 Å². The lowest BCUT2D eigenvalue weighted by atomic mass is 9.48. The van der Waals surface area contributed by atoms with Gasteiger partial charge in [0.1, 0.15) is 6.61 Å². The molecule has 9 heteroatoms. The molecule has 6 rings (SSSR count). The summed E-state index contributed by atoms with van der Waals surface area (Å²) < 4.78 is 11.0. The van der Waals surface area contributed by atoms with Crippen molar-refractivity contribution in [1.29, 1.82) is 0 Å². The monoisotopic (exact) mass is 488 g/mol. The molecule has 0 spiro atoms. The second-order valence-electron chi connectivity index (χ2n) is 10.2. The van der Waals surface area contributed by atoms with Gasteiger partial charge >= 0.3 is 18.0 Å². The van der Waals surface area contributed by atoms with Crippen LogP contribution in [0.2, 0.25) is 5.02 Å². The standard InChI is InChI=1S/C25H29ClN2O6/c1-2-33-21(29)19-18(27-23(31)28-20(19)16-3-5-17(26)6-4-16)12-34-22(30)24-8-14-7-15(9-24)11-25(32,10-14)13-24/h3-6,14-15,20,32H,2,7-13H2,1H3,(H2,27,28,31)/t14-,15+,20-,24?,25?/m1/s1. The van der Waals surface area contributed by atoms with Crippen LogP contribution in [0.3, 0.4) is 0 Å². The first-order chi connectivity index (χ1) is 16.2. The van der Waals surface area contributed by atoms with Gasteiger partial charge in [-0.2, -0.15) is 0 Å². The molecule has 0 saturated heterocycles. The van der Waals surface area contributed by atoms with E-state index in [4.69, 9.17) is 21.1 Å². The highest BCUT2D eigenvalue weighted by atomic mass is 35.5. The maximum absolute atomic E-state index is 13.3. The van der Waals surface area contributed by atoms with Crippen molar-refractivity contribution in [1.82, 2.24) is 10.6 Å². The average Bonchev–Trinajstić information content (AvgIpc) is 2.76. The molecular formula is C25H29ClN2O6. The molecule has 182 valence electrons. The second-order valence-corrected chi connectivity index (χ2v) is 10.7. The van der Waals surface area contributed by atoms with E-state index < -0.39 is 29.1 Å². The maximum Gasteiger partial charge on any atom is 0.338 e. The van der Waals surface area contributed by atoms with Crippen LogP contribution in [0.25, 0.3) is 0 Å². The zero-order valence-electron chi connectivity index (χ0n) is 19.1. The molecule has 4 aliphatic carbocycles. The minimum absolute atomic E-state index is 0.154. The van der Waals surface area contributed by atoms with E-state index >= 15 is 0 Å². The predicted octanol–water partition coefficient (Wildman–Crippen LogP) is 3.39. The van der Waals surface area contributed by atoms with Crippen LogP contribution in [0.4, 0.5) is 4.79 Å². The third-order valence-electron chi connectivity index (χ3n) is 7.66. The number of esters is 2. The van der Waals surface area contributed by atoms with Crippen molar-refractivity contribution in [3.8, 4) is 0 Å². The van der Waals surface area contributed by atoms with Gasteiger partial charge in [0.2, 0.25) is 0 Å². The first kappa shape index (κ1) is 23.2. The Morgan fingerprint density at radius 3 is 2.41 bits per heavy atom. The number of benzene rings is 1. The van der Waals surface area contributed by atoms with Crippen LogP contribution in [0.1, 0.15) is 57.1 Å². The highest BCUT2D eigenvalue weighted by molar-refractivity contribution is 6.30. The zero-order valence-corrected chi connectivity index (χ0v) is 19.8. The van der Waals surface area contributed by atoms with Crippen molar-refractivity contribution in [2.45, 2.75) is 57.1 Å². The lowest BCUT2D eigenvalue weighted by Crippen LogP contribution is -2.58. The SMILES string of the molecule is CCOC(=O)C1=C(COC(=O)C23C[C@@H]4C[C@@H](CC(O)(C4)C2)C3)NC(=O)N[C@@H]1c1ccc(Cl)cc1. The molecule has 1 heterocycles. The smallest absolute Gasteiger partial charge is 0.338 e. The van der Waals surface area contributed by atoms with Crippen LogP contribution in [0, 0.1) is 17.3 Å². The minimum Gasteiger partial charge on any atom is -0.463 e. The van der Waals surface area contributed by atoms with Gasteiger partial charge < -0.3 is 25.2 Å². The summed E-state index contributed by atoms with van der Waals surface area (Å²) in [5, 5.41) is 16.9. The van der Waals surface area contributed by atoms with Crippen molar-refractivity contribution in [3.05, 3.63) is 46.1 Å². The first-order valence-corrected chi connectivity index (χ1v) is 12.2. The molecule has 4 bridgehead atoms. The number of urea groups is 1. The molecule has 1 aromatic carbocycles. The van der Waals surface area contributed by atoms with Gasteiger partial charge in [-0.25, -0.2) is 9.59 Å². The Labute approximate surface area is 203 Å². The van der Waals surface area contributed by atoms with Crippen LogP contribution >= 0.6 is 11.6 Å². The molecular weight excluding hydrogens is 460 g/mol. The summed E-state index contributed by atoms with van der Waals surface area (Å²) in [7, 11) is 0. The Kier molecular flexibility index (Phi) is 5.84. The summed E-state index contributed by atoms with van der Waals surface area (Å²) in [4.78, 5) is 38.7. The third kappa shape index (κ3) is 4.18. The summed E-state index contributed by atoms with van der Waals surface area (Å²) in [5.41, 5.74) is -0.467. The fourth-order valence-electron chi connectivity index (χ4n) is 6.83. The van der Waals surface area contributed by atoms with Crippen LogP contribution in [-0.2, 0) is 19.1 Å². The molecule has 3 N–H and O–H groups in total. The highest BCUT2D eigenvalue weighted by Gasteiger charge is 2.61. The predicted molar refractivity (Wildman–Crippen MR) is 123 cm³/mol. The summed E-state index contributed by atoms with van der Waals surface area (Å²) in [6.45, 7) is 1.59. The van der Waals surface area contributed by atoms with Crippen molar-refractivity contribution in [3.63, 3.8) is 0 Å². The Hall–Kier alpha value is -2.58. The number of nitrogens with one attached hydrogen (secondary N) is 2. The Morgan fingerprint density at radius 2 is 1.79 bits per heavy atom. The van der Waals surface area contributed by atoms with Gasteiger partial charge in [0.25, 0.3) is 0 Å². The normalized spacial score (nSPS) is 33.9. The van der Waals surface area contributed by atoms with Crippen molar-refractivity contribution >= 4 is 29.6 Å². The summed E-state index contributed by atoms with van der Waals surface area (Å²) in [6, 6.07) is 5.49. The van der Waals surface area contributed by atoms with E-state index in [0.717, 1.165) is 32.1 Å². The number of rotatable bonds is 6. The van der Waals surface area contributed by atoms with E-state index in [2.05, 4.69) is 10.6 Å². The van der Waals surface area contributed by atoms with Crippen LogP contribution in [0.5, 0.6) is 0 Å². The van der Waals surface area contributed by atoms with Crippen LogP contribution < -0.4 is 10.6 Å². The molecule has 1 aliphatic heterocycles. The van der Waals surface area contributed by atoms with Gasteiger partial charge in [0, 0.05) is 5.02 Å². The van der Waals surface area contributed by atoms with E-state index in [1.165, 1.54) is 0 Å². The molecule has 5 aliphatic rings. The summed E-state index contributed by atoms with van der Waals surface area (Å²) >= 11 is 6.00. The zero-order chi connectivity index (χ0) is 24.1. The molecule has 5 atom stereocenters. The Morgan fingerprint density at radius 1 is 1.12 bits per heavy atom. The number of ether oxygens (including phenoxy) is 2. The van der Waals surface area contributed by atoms with E-state index in [9.17, 15) is 19.5 Å². The lowest BCUT2D eigenvalue weighted by molar-refractivity contribution is -0.195. The van der Waals surface area contributed by atoms with Gasteiger partial charge in [0.15, 0.2) is 0 Å². The van der Waals surface area contributed by atoms with Crippen LogP contribution in [-0.4, -0.2) is 41.9 Å². The van der Waals surface area contributed by atoms with Gasteiger partial charge in [-0.1, -0.05) is 23.7 Å². The molecule has 8 nitrogen and oxygen atoms in total. The van der Waals surface area contributed by atoms with E-state index in [0.29, 0.717) is 28.8 Å². The van der Waals surface area contributed by atoms with Crippen LogP contribution in [0.15, 0.2) is 35.5 Å². The Bertz CT molecular complexity index is 1040. The molecule has 0 radical (unpaired) electrons. The van der Waals surface area contributed by atoms with Gasteiger partial charge in [-0.3, -0.25) is 4.79 Å². The molecule has 4 saturated carbocycles. The third-order valence-corrected chi connectivity index (χ3v) is 7.92. The fourth-order valence-corrected chi connectivity index (χ4v) is 6.96. The first-order valence-electron chi connectivity index (χ1n) is 11.8. The molecule has 2 amide bonds. The fraction of sp³-hybridized carbons (Fsp3) is 0.560. The van der Waals surface area contributed by atoms with E-state index in [-0.39, 0.29) is 30.5 Å². The highest BCUT2D eigenvalue weighted by Crippen LogP contribution is 2.62. The molecule has 4 fully saturated rings. The van der Waals surface area contributed by atoms with Crippen molar-refractivity contribution in [2.24, 2.45) is 17.3 Å². The summed E-state index contributed by atoms with van der Waals surface area (Å²) in [5.74, 6) is -0.307. The molecule has 34 heavy (non-hydrogen) atoms. The van der Waals surface area contributed by atoms with E-state index in [1.54, 1.807) is 31.2 Å². The topological polar surface area (TPSA) is 114 Å². The van der Waals surface area contributed by atoms with Gasteiger partial charge in [0.05, 0.1) is 34.9 Å². The number of hydrogen-bond acceptors (Lipinski definition) is 6. The maximum atomic E-state index is 13.3. The number of carbonyl (C=O) groups excluding carboxylic acids is 3. The quantitative estimate of drug-likeness (QED) is 0.529. The number of amides is 2. The second kappa shape index (κ2) is 8.57. The average molecular weight is 489 g/mol. The Balaban J connectivity index is 1.41. The van der Waals surface area contributed by atoms with Crippen molar-refractivity contribution < 1.29 is 29.0 Å². The molecule has 2 unspecified atom stereocenters. The lowest BCUT2D eigenvalue weighted by Gasteiger charge is -2.58. The molecule has 0 aromatic heterocycles. The minimum atomic E-state index is -0.791. The van der Waals surface area contributed by atoms with Crippen molar-refractivity contribution in [2.75, 3.05) is 13.2 Å². The van der Waals surface area contributed by atoms with E-state index in [1.807, 2.05) is 0 Å². The number of halogens is 1. The number of aliphatic hydroxyl groups is 1. The van der Waals surface area contributed by atoms with Gasteiger partial charge in [-0.05, 0) is 75.0 Å². The number of hydrogen-bond donors (Lipinski definition) is 3.